The number of benzene rings is 7. The lowest BCUT2D eigenvalue weighted by Crippen LogP contribution is -2.03. The lowest BCUT2D eigenvalue weighted by atomic mass is 9.74. The Morgan fingerprint density at radius 2 is 0.458 bits per heavy atom. The Morgan fingerprint density at radius 3 is 0.653 bits per heavy atom. The summed E-state index contributed by atoms with van der Waals surface area (Å²) in [6.07, 6.45) is 14.0. The van der Waals surface area contributed by atoms with E-state index in [9.17, 15) is 0 Å². The zero-order valence-electron chi connectivity index (χ0n) is 41.1. The van der Waals surface area contributed by atoms with E-state index in [4.69, 9.17) is 14.2 Å². The van der Waals surface area contributed by atoms with Crippen molar-refractivity contribution in [2.24, 2.45) is 0 Å². The van der Waals surface area contributed by atoms with Crippen LogP contribution in [0.2, 0.25) is 0 Å². The number of nitrogens with zero attached hydrogens (tertiary/aromatic N) is 3. The van der Waals surface area contributed by atoms with E-state index in [1.54, 1.807) is 0 Å². The first-order valence-corrected chi connectivity index (χ1v) is 25.1. The van der Waals surface area contributed by atoms with Gasteiger partial charge in [-0.1, -0.05) is 148 Å². The van der Waals surface area contributed by atoms with E-state index in [1.165, 1.54) is 0 Å². The molecule has 0 unspecified atom stereocenters. The molecule has 0 amide bonds. The van der Waals surface area contributed by atoms with Gasteiger partial charge >= 0.3 is 0 Å². The summed E-state index contributed by atoms with van der Waals surface area (Å²) >= 11 is 0. The molecule has 0 atom stereocenters. The molecule has 0 saturated heterocycles. The summed E-state index contributed by atoms with van der Waals surface area (Å²) in [6.45, 7) is 8.32. The molecule has 0 aliphatic carbocycles. The van der Waals surface area contributed by atoms with E-state index < -0.39 is 0 Å². The van der Waals surface area contributed by atoms with E-state index in [1.807, 2.05) is 55.4 Å². The van der Waals surface area contributed by atoms with Gasteiger partial charge in [0.1, 0.15) is 17.2 Å². The Morgan fingerprint density at radius 1 is 0.250 bits per heavy atom. The average molecular weight is 940 g/mol. The summed E-state index contributed by atoms with van der Waals surface area (Å²) in [6, 6.07) is 65.2. The fraction of sp³-hybridized carbons (Fsp3) is 0.136. The van der Waals surface area contributed by atoms with Gasteiger partial charge < -0.3 is 14.2 Å². The van der Waals surface area contributed by atoms with Gasteiger partial charge in [0.15, 0.2) is 0 Å². The molecule has 3 aromatic heterocycles. The second kappa shape index (κ2) is 22.4. The van der Waals surface area contributed by atoms with Gasteiger partial charge in [0.25, 0.3) is 0 Å². The van der Waals surface area contributed by atoms with Crippen molar-refractivity contribution in [1.82, 2.24) is 15.0 Å². The highest BCUT2D eigenvalue weighted by atomic mass is 16.5. The molecule has 0 N–H and O–H groups in total. The molecule has 0 bridgehead atoms. The van der Waals surface area contributed by atoms with Gasteiger partial charge in [0.2, 0.25) is 0 Å². The van der Waals surface area contributed by atoms with Crippen molar-refractivity contribution >= 4 is 0 Å². The molecule has 72 heavy (non-hydrogen) atoms. The number of ether oxygens (including phenoxy) is 3. The number of pyridine rings is 3. The van der Waals surface area contributed by atoms with Crippen LogP contribution < -0.4 is 14.2 Å². The quantitative estimate of drug-likeness (QED) is 0.0854. The summed E-state index contributed by atoms with van der Waals surface area (Å²) in [5, 5.41) is 0. The van der Waals surface area contributed by atoms with Crippen molar-refractivity contribution in [3.05, 3.63) is 219 Å². The normalized spacial score (nSPS) is 11.0. The summed E-state index contributed by atoms with van der Waals surface area (Å²) in [5.74, 6) is 2.50. The van der Waals surface area contributed by atoms with Crippen LogP contribution in [0.4, 0.5) is 0 Å². The largest absolute Gasteiger partial charge is 0.494 e. The van der Waals surface area contributed by atoms with Gasteiger partial charge in [0.05, 0.1) is 19.8 Å². The van der Waals surface area contributed by atoms with Gasteiger partial charge in [-0.15, -0.1) is 0 Å². The third-order valence-electron chi connectivity index (χ3n) is 12.9. The van der Waals surface area contributed by atoms with Crippen molar-refractivity contribution in [3.8, 4) is 117 Å². The number of hydrogen-bond acceptors (Lipinski definition) is 6. The molecule has 6 heteroatoms. The maximum absolute atomic E-state index is 6.23. The lowest BCUT2D eigenvalue weighted by Gasteiger charge is -2.29. The minimum absolute atomic E-state index is 0.640. The zero-order valence-corrected chi connectivity index (χ0v) is 41.1. The molecule has 0 spiro atoms. The minimum Gasteiger partial charge on any atom is -0.494 e. The molecule has 7 aromatic carbocycles. The molecular formula is C66H57N3O3. The molecule has 10 aromatic rings. The van der Waals surface area contributed by atoms with E-state index >= 15 is 0 Å². The van der Waals surface area contributed by atoms with Crippen molar-refractivity contribution in [3.63, 3.8) is 0 Å². The lowest BCUT2D eigenvalue weighted by molar-refractivity contribution is 0.317. The molecule has 10 rings (SSSR count). The molecule has 6 nitrogen and oxygen atoms in total. The van der Waals surface area contributed by atoms with E-state index in [0.29, 0.717) is 19.8 Å². The molecule has 3 heterocycles. The van der Waals surface area contributed by atoms with Gasteiger partial charge in [-0.2, -0.15) is 0 Å². The highest BCUT2D eigenvalue weighted by Gasteiger charge is 2.30. The first-order valence-electron chi connectivity index (χ1n) is 25.1. The molecule has 354 valence electrons. The van der Waals surface area contributed by atoms with Crippen LogP contribution in [0.3, 0.4) is 0 Å². The Bertz CT molecular complexity index is 2940. The Labute approximate surface area is 423 Å². The van der Waals surface area contributed by atoms with Crippen LogP contribution in [0.1, 0.15) is 40.0 Å². The summed E-state index contributed by atoms with van der Waals surface area (Å²) < 4.78 is 18.7. The fourth-order valence-corrected chi connectivity index (χ4v) is 9.38. The number of rotatable bonds is 18. The maximum atomic E-state index is 6.23. The Hall–Kier alpha value is -8.61. The second-order valence-electron chi connectivity index (χ2n) is 17.8. The predicted octanol–water partition coefficient (Wildman–Crippen LogP) is 17.2. The molecule has 0 radical (unpaired) electrons. The SMILES string of the molecule is CCCOc1ccc(-c2c(-c3ccc(-c4cccnc4)cc3)c(-c3ccc(OCCC)cc3)c(-c3ccc(-c4cccnc4)cc3)c(-c3ccc(OCCC)cc3)c2-c2ccc(-c3cccnc3)cc2)cc1. The van der Waals surface area contributed by atoms with Crippen LogP contribution >= 0.6 is 0 Å². The van der Waals surface area contributed by atoms with Gasteiger partial charge in [-0.25, -0.2) is 0 Å². The molecule has 0 aliphatic heterocycles. The smallest absolute Gasteiger partial charge is 0.119 e. The first-order chi connectivity index (χ1) is 35.6. The minimum atomic E-state index is 0.640. The van der Waals surface area contributed by atoms with Crippen molar-refractivity contribution in [1.29, 1.82) is 0 Å². The summed E-state index contributed by atoms with van der Waals surface area (Å²) in [5.41, 5.74) is 19.4. The topological polar surface area (TPSA) is 66.4 Å². The summed E-state index contributed by atoms with van der Waals surface area (Å²) in [4.78, 5) is 13.4. The standard InChI is InChI=1S/C66H57N3O3/c1-4-40-70-58-31-25-52(26-32-58)64-61(49-19-13-46(14-20-49)55-10-7-37-67-43-55)65(53-27-33-59(34-28-53)71-41-5-2)63(51-23-17-48(18-24-51)57-12-9-39-69-45-57)66(54-29-35-60(36-30-54)72-42-6-3)62(64)50-21-15-47(16-22-50)56-11-8-38-68-44-56/h7-39,43-45H,4-6,40-42H2,1-3H3. The maximum Gasteiger partial charge on any atom is 0.119 e. The number of aromatic nitrogens is 3. The Balaban J connectivity index is 1.37. The third kappa shape index (κ3) is 10.3. The zero-order chi connectivity index (χ0) is 49.1. The van der Waals surface area contributed by atoms with Crippen molar-refractivity contribution < 1.29 is 14.2 Å². The molecule has 0 aliphatic rings. The molecular weight excluding hydrogens is 883 g/mol. The number of hydrogen-bond donors (Lipinski definition) is 0. The van der Waals surface area contributed by atoms with Crippen LogP contribution in [-0.2, 0) is 0 Å². The van der Waals surface area contributed by atoms with E-state index in [2.05, 4.69) is 200 Å². The Kier molecular flexibility index (Phi) is 14.7. The second-order valence-corrected chi connectivity index (χ2v) is 17.8. The van der Waals surface area contributed by atoms with Crippen molar-refractivity contribution in [2.75, 3.05) is 19.8 Å². The van der Waals surface area contributed by atoms with Crippen molar-refractivity contribution in [2.45, 2.75) is 40.0 Å². The summed E-state index contributed by atoms with van der Waals surface area (Å²) in [7, 11) is 0. The van der Waals surface area contributed by atoms with Crippen LogP contribution in [0.25, 0.3) is 100 Å². The highest BCUT2D eigenvalue weighted by Crippen LogP contribution is 2.56. The molecule has 0 fully saturated rings. The van der Waals surface area contributed by atoms with E-state index in [0.717, 1.165) is 137 Å². The van der Waals surface area contributed by atoms with Crippen LogP contribution in [0.5, 0.6) is 17.2 Å². The average Bonchev–Trinajstić information content (AvgIpc) is 3.46. The van der Waals surface area contributed by atoms with Crippen LogP contribution in [-0.4, -0.2) is 34.8 Å². The monoisotopic (exact) mass is 939 g/mol. The molecule has 0 saturated carbocycles. The van der Waals surface area contributed by atoms with Gasteiger partial charge in [-0.3, -0.25) is 15.0 Å². The third-order valence-corrected chi connectivity index (χ3v) is 12.9. The first kappa shape index (κ1) is 47.1. The highest BCUT2D eigenvalue weighted by molar-refractivity contribution is 6.15. The van der Waals surface area contributed by atoms with Crippen LogP contribution in [0.15, 0.2) is 219 Å². The van der Waals surface area contributed by atoms with Gasteiger partial charge in [-0.05, 0) is 174 Å². The van der Waals surface area contributed by atoms with Crippen LogP contribution in [0, 0.1) is 0 Å². The fourth-order valence-electron chi connectivity index (χ4n) is 9.38. The van der Waals surface area contributed by atoms with Gasteiger partial charge in [0, 0.05) is 37.2 Å². The van der Waals surface area contributed by atoms with E-state index in [-0.39, 0.29) is 0 Å². The predicted molar refractivity (Wildman–Crippen MR) is 296 cm³/mol.